The van der Waals surface area contributed by atoms with Gasteiger partial charge >= 0.3 is 0 Å². The van der Waals surface area contributed by atoms with Crippen molar-refractivity contribution in [3.63, 3.8) is 0 Å². The van der Waals surface area contributed by atoms with Crippen molar-refractivity contribution < 1.29 is 17.6 Å². The highest BCUT2D eigenvalue weighted by atomic mass is 32.2. The predicted octanol–water partition coefficient (Wildman–Crippen LogP) is 2.94. The average molecular weight is 370 g/mol. The van der Waals surface area contributed by atoms with Gasteiger partial charge in [-0.25, -0.2) is 8.42 Å². The van der Waals surface area contributed by atoms with Crippen LogP contribution in [0.1, 0.15) is 27.7 Å². The van der Waals surface area contributed by atoms with E-state index in [0.717, 1.165) is 0 Å². The van der Waals surface area contributed by atoms with Gasteiger partial charge in [-0.2, -0.15) is 0 Å². The Morgan fingerprint density at radius 3 is 2.17 bits per heavy atom. The van der Waals surface area contributed by atoms with Gasteiger partial charge in [0.1, 0.15) is 5.37 Å². The Labute approximate surface area is 145 Å². The summed E-state index contributed by atoms with van der Waals surface area (Å²) in [6.45, 7) is 12.3. The minimum atomic E-state index is -3.62. The van der Waals surface area contributed by atoms with Crippen LogP contribution in [0.3, 0.4) is 0 Å². The van der Waals surface area contributed by atoms with E-state index in [4.69, 9.17) is 4.43 Å². The molecule has 1 N–H and O–H groups in total. The van der Waals surface area contributed by atoms with E-state index >= 15 is 0 Å². The first-order valence-electron chi connectivity index (χ1n) is 8.15. The van der Waals surface area contributed by atoms with Gasteiger partial charge < -0.3 is 9.74 Å². The van der Waals surface area contributed by atoms with Gasteiger partial charge in [-0.05, 0) is 37.2 Å². The van der Waals surface area contributed by atoms with Crippen LogP contribution in [0.2, 0.25) is 18.1 Å². The molecule has 1 aliphatic heterocycles. The molecule has 5 nitrogen and oxygen atoms in total. The van der Waals surface area contributed by atoms with Crippen molar-refractivity contribution in [1.29, 1.82) is 0 Å². The Bertz CT molecular complexity index is 710. The summed E-state index contributed by atoms with van der Waals surface area (Å²) in [6, 6.07) is 8.22. The number of hydrogen-bond donors (Lipinski definition) is 1. The molecule has 3 atom stereocenters. The molecule has 0 spiro atoms. The largest absolute Gasteiger partial charge is 0.413 e. The quantitative estimate of drug-likeness (QED) is 0.640. The Kier molecular flexibility index (Phi) is 5.01. The van der Waals surface area contributed by atoms with Crippen molar-refractivity contribution in [2.45, 2.75) is 62.2 Å². The zero-order valence-corrected chi connectivity index (χ0v) is 17.0. The van der Waals surface area contributed by atoms with Crippen molar-refractivity contribution in [1.82, 2.24) is 5.32 Å². The highest BCUT2D eigenvalue weighted by Crippen LogP contribution is 2.39. The number of β-lactam (4-membered cyclic amide) rings is 1. The normalized spacial score (nSPS) is 23.3. The van der Waals surface area contributed by atoms with E-state index in [2.05, 4.69) is 39.2 Å². The molecular weight excluding hydrogens is 342 g/mol. The lowest BCUT2D eigenvalue weighted by Gasteiger charge is -2.44. The van der Waals surface area contributed by atoms with Crippen LogP contribution in [-0.2, 0) is 19.1 Å². The summed E-state index contributed by atoms with van der Waals surface area (Å²) in [5.74, 6) is -0.935. The van der Waals surface area contributed by atoms with Gasteiger partial charge in [0.05, 0.1) is 16.9 Å². The molecule has 7 heteroatoms. The van der Waals surface area contributed by atoms with E-state index in [9.17, 15) is 13.2 Å². The van der Waals surface area contributed by atoms with Gasteiger partial charge in [0.25, 0.3) is 0 Å². The molecule has 1 aromatic rings. The first-order chi connectivity index (χ1) is 10.9. The van der Waals surface area contributed by atoms with Crippen LogP contribution in [0, 0.1) is 5.92 Å². The number of rotatable bonds is 5. The Hall–Kier alpha value is -1.18. The summed E-state index contributed by atoms with van der Waals surface area (Å²) in [5, 5.41) is 1.62. The van der Waals surface area contributed by atoms with Crippen molar-refractivity contribution in [3.05, 3.63) is 30.3 Å². The van der Waals surface area contributed by atoms with Crippen LogP contribution in [0.4, 0.5) is 0 Å². The molecule has 24 heavy (non-hydrogen) atoms. The molecule has 1 aromatic carbocycles. The lowest BCUT2D eigenvalue weighted by molar-refractivity contribution is -0.136. The van der Waals surface area contributed by atoms with Gasteiger partial charge in [0.15, 0.2) is 18.2 Å². The minimum absolute atomic E-state index is 0.00468. The van der Waals surface area contributed by atoms with Gasteiger partial charge in [0.2, 0.25) is 5.91 Å². The molecule has 1 heterocycles. The van der Waals surface area contributed by atoms with Gasteiger partial charge in [-0.1, -0.05) is 39.0 Å². The number of sulfone groups is 1. The summed E-state index contributed by atoms with van der Waals surface area (Å²) in [5.41, 5.74) is 0. The van der Waals surface area contributed by atoms with Crippen molar-refractivity contribution >= 4 is 24.1 Å². The summed E-state index contributed by atoms with van der Waals surface area (Å²) in [4.78, 5) is 12.3. The molecule has 0 unspecified atom stereocenters. The molecule has 1 amide bonds. The SMILES string of the molecule is C[C@@H](O[Si](C)(C)C(C)(C)C)[C@H]1C(=O)N[C@@H]1S(=O)(=O)c1ccccc1. The first-order valence-corrected chi connectivity index (χ1v) is 12.6. The number of carbonyl (C=O) groups excluding carboxylic acids is 1. The van der Waals surface area contributed by atoms with Crippen molar-refractivity contribution in [2.24, 2.45) is 5.92 Å². The molecule has 0 saturated carbocycles. The maximum atomic E-state index is 12.8. The lowest BCUT2D eigenvalue weighted by atomic mass is 9.96. The van der Waals surface area contributed by atoms with Crippen LogP contribution in [0.15, 0.2) is 35.2 Å². The average Bonchev–Trinajstić information content (AvgIpc) is 2.43. The number of hydrogen-bond acceptors (Lipinski definition) is 4. The zero-order valence-electron chi connectivity index (χ0n) is 15.2. The van der Waals surface area contributed by atoms with Crippen LogP contribution in [0.5, 0.6) is 0 Å². The Morgan fingerprint density at radius 1 is 1.17 bits per heavy atom. The maximum Gasteiger partial charge on any atom is 0.229 e. The van der Waals surface area contributed by atoms with E-state index in [1.165, 1.54) is 0 Å². The van der Waals surface area contributed by atoms with Crippen LogP contribution in [-0.4, -0.2) is 34.1 Å². The monoisotopic (exact) mass is 369 g/mol. The fourth-order valence-corrected chi connectivity index (χ4v) is 5.83. The number of carbonyl (C=O) groups is 1. The zero-order chi connectivity index (χ0) is 18.3. The van der Waals surface area contributed by atoms with E-state index in [1.54, 1.807) is 37.3 Å². The fourth-order valence-electron chi connectivity index (χ4n) is 2.57. The molecule has 0 radical (unpaired) electrons. The summed E-state index contributed by atoms with van der Waals surface area (Å²) in [6.07, 6.45) is -0.442. The van der Waals surface area contributed by atoms with Crippen LogP contribution < -0.4 is 5.32 Å². The summed E-state index contributed by atoms with van der Waals surface area (Å²) in [7, 11) is -5.70. The highest BCUT2D eigenvalue weighted by molar-refractivity contribution is 7.92. The van der Waals surface area contributed by atoms with E-state index in [1.807, 2.05) is 0 Å². The second kappa shape index (κ2) is 6.27. The van der Waals surface area contributed by atoms with Crippen LogP contribution >= 0.6 is 0 Å². The molecule has 0 bridgehead atoms. The predicted molar refractivity (Wildman–Crippen MR) is 96.8 cm³/mol. The standard InChI is InChI=1S/C17H27NO4SSi/c1-12(22-24(5,6)17(2,3)4)14-15(19)18-16(14)23(20,21)13-10-8-7-9-11-13/h7-12,14,16H,1-6H3,(H,18,19)/t12-,14+,16-/m1/s1. The van der Waals surface area contributed by atoms with Gasteiger partial charge in [-0.3, -0.25) is 4.79 Å². The summed E-state index contributed by atoms with van der Waals surface area (Å²) < 4.78 is 31.8. The first kappa shape index (κ1) is 19.1. The highest BCUT2D eigenvalue weighted by Gasteiger charge is 2.53. The molecule has 0 aliphatic carbocycles. The third-order valence-corrected chi connectivity index (χ3v) is 11.7. The molecule has 134 valence electrons. The number of benzene rings is 1. The van der Waals surface area contributed by atoms with E-state index in [-0.39, 0.29) is 15.8 Å². The maximum absolute atomic E-state index is 12.8. The fraction of sp³-hybridized carbons (Fsp3) is 0.588. The molecule has 1 saturated heterocycles. The Balaban J connectivity index is 2.23. The lowest BCUT2D eigenvalue weighted by Crippen LogP contribution is -2.66. The summed E-state index contributed by atoms with van der Waals surface area (Å²) >= 11 is 0. The minimum Gasteiger partial charge on any atom is -0.413 e. The van der Waals surface area contributed by atoms with E-state index in [0.29, 0.717) is 0 Å². The second-order valence-electron chi connectivity index (χ2n) is 7.90. The van der Waals surface area contributed by atoms with Gasteiger partial charge in [-0.15, -0.1) is 0 Å². The second-order valence-corrected chi connectivity index (χ2v) is 14.7. The topological polar surface area (TPSA) is 72.5 Å². The third kappa shape index (κ3) is 3.43. The van der Waals surface area contributed by atoms with Crippen LogP contribution in [0.25, 0.3) is 0 Å². The van der Waals surface area contributed by atoms with E-state index < -0.39 is 35.6 Å². The van der Waals surface area contributed by atoms with Crippen molar-refractivity contribution in [3.8, 4) is 0 Å². The molecule has 2 rings (SSSR count). The smallest absolute Gasteiger partial charge is 0.229 e. The van der Waals surface area contributed by atoms with Crippen molar-refractivity contribution in [2.75, 3.05) is 0 Å². The molecular formula is C17H27NO4SSi. The molecule has 1 fully saturated rings. The Morgan fingerprint density at radius 2 is 1.71 bits per heavy atom. The van der Waals surface area contributed by atoms with Gasteiger partial charge in [0, 0.05) is 0 Å². The molecule has 1 aliphatic rings. The number of nitrogens with one attached hydrogen (secondary N) is 1. The molecule has 0 aromatic heterocycles. The number of amides is 1. The third-order valence-electron chi connectivity index (χ3n) is 5.11.